The molecule has 0 unspecified atom stereocenters. The molecule has 1 aromatic carbocycles. The maximum atomic E-state index is 5.37. The van der Waals surface area contributed by atoms with Crippen LogP contribution in [0.4, 0.5) is 5.69 Å². The van der Waals surface area contributed by atoms with Crippen LogP contribution in [-0.4, -0.2) is 0 Å². The monoisotopic (exact) mass is 182 g/mol. The first-order valence-electron chi connectivity index (χ1n) is 4.06. The summed E-state index contributed by atoms with van der Waals surface area (Å²) in [4.78, 5) is 0.933. The topological polar surface area (TPSA) is 38.0 Å². The number of hydrogen-bond donors (Lipinski definition) is 3. The van der Waals surface area contributed by atoms with Crippen LogP contribution < -0.4 is 11.3 Å². The van der Waals surface area contributed by atoms with E-state index in [1.54, 1.807) is 0 Å². The third-order valence-electron chi connectivity index (χ3n) is 1.77. The van der Waals surface area contributed by atoms with Gasteiger partial charge in [0.05, 0.1) is 5.69 Å². The van der Waals surface area contributed by atoms with Crippen molar-refractivity contribution in [1.29, 1.82) is 0 Å². The summed E-state index contributed by atoms with van der Waals surface area (Å²) in [5.74, 6) is 5.37. The van der Waals surface area contributed by atoms with Crippen molar-refractivity contribution in [2.45, 2.75) is 24.7 Å². The van der Waals surface area contributed by atoms with Gasteiger partial charge in [-0.3, -0.25) is 5.84 Å². The van der Waals surface area contributed by atoms with Gasteiger partial charge in [0.25, 0.3) is 0 Å². The second kappa shape index (κ2) is 4.38. The molecule has 0 aliphatic heterocycles. The van der Waals surface area contributed by atoms with Crippen molar-refractivity contribution in [2.75, 3.05) is 5.43 Å². The van der Waals surface area contributed by atoms with Gasteiger partial charge >= 0.3 is 0 Å². The van der Waals surface area contributed by atoms with Crippen LogP contribution in [-0.2, 0) is 6.42 Å². The van der Waals surface area contributed by atoms with E-state index in [9.17, 15) is 0 Å². The van der Waals surface area contributed by atoms with Crippen LogP contribution >= 0.6 is 12.6 Å². The molecule has 0 aliphatic rings. The fourth-order valence-corrected chi connectivity index (χ4v) is 1.39. The number of nitrogens with one attached hydrogen (secondary N) is 1. The van der Waals surface area contributed by atoms with Gasteiger partial charge in [-0.25, -0.2) is 0 Å². The van der Waals surface area contributed by atoms with Gasteiger partial charge in [0.1, 0.15) is 0 Å². The molecule has 0 aromatic heterocycles. The molecule has 0 saturated carbocycles. The molecule has 3 N–H and O–H groups in total. The Morgan fingerprint density at radius 2 is 2.25 bits per heavy atom. The molecular formula is C9H14N2S. The lowest BCUT2D eigenvalue weighted by Gasteiger charge is -2.07. The number of nitrogen functional groups attached to an aromatic ring is 1. The third-order valence-corrected chi connectivity index (χ3v) is 2.05. The van der Waals surface area contributed by atoms with E-state index in [1.165, 1.54) is 5.56 Å². The van der Waals surface area contributed by atoms with E-state index < -0.39 is 0 Å². The lowest BCUT2D eigenvalue weighted by atomic mass is 10.1. The SMILES string of the molecule is CCCc1ccc(S)cc1NN. The summed E-state index contributed by atoms with van der Waals surface area (Å²) in [6.07, 6.45) is 2.17. The zero-order valence-electron chi connectivity index (χ0n) is 7.17. The first-order valence-corrected chi connectivity index (χ1v) is 4.51. The summed E-state index contributed by atoms with van der Waals surface area (Å²) in [6.45, 7) is 2.15. The number of hydrazine groups is 1. The third kappa shape index (κ3) is 2.16. The predicted molar refractivity (Wildman–Crippen MR) is 55.5 cm³/mol. The predicted octanol–water partition coefficient (Wildman–Crippen LogP) is 2.21. The Labute approximate surface area is 78.5 Å². The highest BCUT2D eigenvalue weighted by Crippen LogP contribution is 2.20. The molecule has 0 fully saturated rings. The first kappa shape index (κ1) is 9.42. The zero-order valence-corrected chi connectivity index (χ0v) is 8.07. The smallest absolute Gasteiger partial charge is 0.0528 e. The number of nitrogens with two attached hydrogens (primary N) is 1. The number of anilines is 1. The second-order valence-electron chi connectivity index (χ2n) is 2.74. The van der Waals surface area contributed by atoms with Crippen molar-refractivity contribution in [3.8, 4) is 0 Å². The van der Waals surface area contributed by atoms with Crippen LogP contribution in [0.15, 0.2) is 23.1 Å². The summed E-state index contributed by atoms with van der Waals surface area (Å²) in [5.41, 5.74) is 4.90. The largest absolute Gasteiger partial charge is 0.324 e. The van der Waals surface area contributed by atoms with E-state index in [2.05, 4.69) is 31.0 Å². The minimum atomic E-state index is 0.933. The summed E-state index contributed by atoms with van der Waals surface area (Å²) in [5, 5.41) is 0. The van der Waals surface area contributed by atoms with Crippen molar-refractivity contribution in [3.05, 3.63) is 23.8 Å². The van der Waals surface area contributed by atoms with E-state index in [1.807, 2.05) is 12.1 Å². The lowest BCUT2D eigenvalue weighted by Crippen LogP contribution is -2.09. The molecule has 0 spiro atoms. The molecular weight excluding hydrogens is 168 g/mol. The fraction of sp³-hybridized carbons (Fsp3) is 0.333. The first-order chi connectivity index (χ1) is 5.77. The Morgan fingerprint density at radius 3 is 2.83 bits per heavy atom. The van der Waals surface area contributed by atoms with Gasteiger partial charge in [0.2, 0.25) is 0 Å². The maximum absolute atomic E-state index is 5.37. The molecule has 0 radical (unpaired) electrons. The van der Waals surface area contributed by atoms with E-state index in [0.717, 1.165) is 23.4 Å². The summed E-state index contributed by atoms with van der Waals surface area (Å²) >= 11 is 4.23. The molecule has 1 rings (SSSR count). The fourth-order valence-electron chi connectivity index (χ4n) is 1.19. The van der Waals surface area contributed by atoms with Crippen molar-refractivity contribution in [1.82, 2.24) is 0 Å². The van der Waals surface area contributed by atoms with Crippen molar-refractivity contribution < 1.29 is 0 Å². The van der Waals surface area contributed by atoms with E-state index in [4.69, 9.17) is 5.84 Å². The van der Waals surface area contributed by atoms with Crippen LogP contribution in [0.2, 0.25) is 0 Å². The maximum Gasteiger partial charge on any atom is 0.0528 e. The lowest BCUT2D eigenvalue weighted by molar-refractivity contribution is 0.920. The van der Waals surface area contributed by atoms with Gasteiger partial charge in [-0.2, -0.15) is 0 Å². The van der Waals surface area contributed by atoms with Gasteiger partial charge in [0, 0.05) is 4.90 Å². The summed E-state index contributed by atoms with van der Waals surface area (Å²) < 4.78 is 0. The highest BCUT2D eigenvalue weighted by Gasteiger charge is 1.99. The van der Waals surface area contributed by atoms with E-state index in [0.29, 0.717) is 0 Å². The van der Waals surface area contributed by atoms with E-state index >= 15 is 0 Å². The number of hydrogen-bond acceptors (Lipinski definition) is 3. The zero-order chi connectivity index (χ0) is 8.97. The molecule has 0 aliphatic carbocycles. The van der Waals surface area contributed by atoms with Gasteiger partial charge in [-0.15, -0.1) is 12.6 Å². The Bertz CT molecular complexity index is 261. The summed E-state index contributed by atoms with van der Waals surface area (Å²) in [7, 11) is 0. The normalized spacial score (nSPS) is 9.92. The minimum Gasteiger partial charge on any atom is -0.324 e. The van der Waals surface area contributed by atoms with Crippen LogP contribution in [0.5, 0.6) is 0 Å². The molecule has 2 nitrogen and oxygen atoms in total. The Morgan fingerprint density at radius 1 is 1.50 bits per heavy atom. The highest BCUT2D eigenvalue weighted by molar-refractivity contribution is 7.80. The molecule has 0 saturated heterocycles. The van der Waals surface area contributed by atoms with Gasteiger partial charge in [-0.05, 0) is 24.1 Å². The van der Waals surface area contributed by atoms with Crippen LogP contribution in [0.1, 0.15) is 18.9 Å². The highest BCUT2D eigenvalue weighted by atomic mass is 32.1. The number of rotatable bonds is 3. The van der Waals surface area contributed by atoms with Crippen molar-refractivity contribution in [3.63, 3.8) is 0 Å². The average Bonchev–Trinajstić information content (AvgIpc) is 2.08. The molecule has 0 amide bonds. The molecule has 12 heavy (non-hydrogen) atoms. The molecule has 3 heteroatoms. The standard InChI is InChI=1S/C9H14N2S/c1-2-3-7-4-5-8(12)6-9(7)11-10/h4-6,11-12H,2-3,10H2,1H3. The quantitative estimate of drug-likeness (QED) is 0.381. The van der Waals surface area contributed by atoms with E-state index in [-0.39, 0.29) is 0 Å². The van der Waals surface area contributed by atoms with Gasteiger partial charge < -0.3 is 5.43 Å². The van der Waals surface area contributed by atoms with Crippen molar-refractivity contribution in [2.24, 2.45) is 5.84 Å². The second-order valence-corrected chi connectivity index (χ2v) is 3.25. The molecule has 1 aromatic rings. The molecule has 0 bridgehead atoms. The molecule has 0 heterocycles. The Kier molecular flexibility index (Phi) is 3.44. The Hall–Kier alpha value is -0.670. The van der Waals surface area contributed by atoms with Crippen LogP contribution in [0.25, 0.3) is 0 Å². The Balaban J connectivity index is 2.94. The number of thiol groups is 1. The number of benzene rings is 1. The number of aryl methyl sites for hydroxylation is 1. The minimum absolute atomic E-state index is 0.933. The van der Waals surface area contributed by atoms with Gasteiger partial charge in [-0.1, -0.05) is 19.4 Å². The summed E-state index contributed by atoms with van der Waals surface area (Å²) in [6, 6.07) is 5.98. The average molecular weight is 182 g/mol. The van der Waals surface area contributed by atoms with Crippen LogP contribution in [0.3, 0.4) is 0 Å². The van der Waals surface area contributed by atoms with Crippen molar-refractivity contribution >= 4 is 18.3 Å². The molecule has 0 atom stereocenters. The van der Waals surface area contributed by atoms with Crippen LogP contribution in [0, 0.1) is 0 Å². The van der Waals surface area contributed by atoms with Gasteiger partial charge in [0.15, 0.2) is 0 Å². The molecule has 66 valence electrons.